The van der Waals surface area contributed by atoms with Gasteiger partial charge in [-0.05, 0) is 24.7 Å². The van der Waals surface area contributed by atoms with Crippen molar-refractivity contribution in [3.05, 3.63) is 0 Å². The SMILES string of the molecule is COC(=O)CC(CO)C1CCOCC1. The number of ether oxygens (including phenoxy) is 2. The second-order valence-electron chi connectivity index (χ2n) is 3.67. The van der Waals surface area contributed by atoms with Gasteiger partial charge in [0, 0.05) is 19.8 Å². The molecule has 0 aromatic carbocycles. The Hall–Kier alpha value is -0.610. The number of aliphatic hydroxyl groups is 1. The summed E-state index contributed by atoms with van der Waals surface area (Å²) in [6.45, 7) is 1.53. The molecule has 4 heteroatoms. The summed E-state index contributed by atoms with van der Waals surface area (Å²) < 4.78 is 9.82. The van der Waals surface area contributed by atoms with Crippen LogP contribution in [0.5, 0.6) is 0 Å². The molecule has 0 aromatic rings. The van der Waals surface area contributed by atoms with Crippen LogP contribution in [0.15, 0.2) is 0 Å². The van der Waals surface area contributed by atoms with E-state index < -0.39 is 0 Å². The average Bonchev–Trinajstić information content (AvgIpc) is 2.26. The summed E-state index contributed by atoms with van der Waals surface area (Å²) in [5, 5.41) is 9.17. The van der Waals surface area contributed by atoms with Crippen LogP contribution in [0.3, 0.4) is 0 Å². The Kier molecular flexibility index (Phi) is 4.90. The van der Waals surface area contributed by atoms with E-state index in [1.807, 2.05) is 0 Å². The van der Waals surface area contributed by atoms with Crippen molar-refractivity contribution in [2.24, 2.45) is 11.8 Å². The third kappa shape index (κ3) is 3.27. The zero-order valence-electron chi connectivity index (χ0n) is 8.57. The van der Waals surface area contributed by atoms with E-state index in [0.29, 0.717) is 12.3 Å². The highest BCUT2D eigenvalue weighted by atomic mass is 16.5. The molecule has 1 heterocycles. The van der Waals surface area contributed by atoms with Gasteiger partial charge in [-0.1, -0.05) is 0 Å². The lowest BCUT2D eigenvalue weighted by Crippen LogP contribution is -2.27. The minimum atomic E-state index is -0.240. The van der Waals surface area contributed by atoms with Crippen LogP contribution < -0.4 is 0 Å². The smallest absolute Gasteiger partial charge is 0.305 e. The predicted molar refractivity (Wildman–Crippen MR) is 50.8 cm³/mol. The van der Waals surface area contributed by atoms with E-state index in [1.165, 1.54) is 7.11 Å². The maximum atomic E-state index is 11.1. The minimum Gasteiger partial charge on any atom is -0.469 e. The van der Waals surface area contributed by atoms with Crippen LogP contribution >= 0.6 is 0 Å². The van der Waals surface area contributed by atoms with Gasteiger partial charge < -0.3 is 14.6 Å². The quantitative estimate of drug-likeness (QED) is 0.678. The summed E-state index contributed by atoms with van der Waals surface area (Å²) in [6, 6.07) is 0. The van der Waals surface area contributed by atoms with Crippen LogP contribution in [-0.2, 0) is 14.3 Å². The van der Waals surface area contributed by atoms with Crippen LogP contribution in [0.25, 0.3) is 0 Å². The van der Waals surface area contributed by atoms with Gasteiger partial charge in [-0.25, -0.2) is 0 Å². The molecule has 1 fully saturated rings. The third-order valence-corrected chi connectivity index (χ3v) is 2.82. The lowest BCUT2D eigenvalue weighted by atomic mass is 9.84. The zero-order chi connectivity index (χ0) is 10.4. The van der Waals surface area contributed by atoms with E-state index in [1.54, 1.807) is 0 Å². The highest BCUT2D eigenvalue weighted by Gasteiger charge is 2.25. The molecule has 1 saturated heterocycles. The fourth-order valence-corrected chi connectivity index (χ4v) is 1.86. The molecule has 1 unspecified atom stereocenters. The lowest BCUT2D eigenvalue weighted by Gasteiger charge is -2.28. The third-order valence-electron chi connectivity index (χ3n) is 2.82. The summed E-state index contributed by atoms with van der Waals surface area (Å²) in [5.41, 5.74) is 0. The number of methoxy groups -OCH3 is 1. The average molecular weight is 202 g/mol. The highest BCUT2D eigenvalue weighted by Crippen LogP contribution is 2.26. The molecule has 1 N–H and O–H groups in total. The Morgan fingerprint density at radius 1 is 1.57 bits per heavy atom. The number of hydrogen-bond donors (Lipinski definition) is 1. The molecule has 0 amide bonds. The molecule has 1 aliphatic heterocycles. The van der Waals surface area contributed by atoms with Crippen molar-refractivity contribution in [1.29, 1.82) is 0 Å². The first kappa shape index (κ1) is 11.5. The monoisotopic (exact) mass is 202 g/mol. The summed E-state index contributed by atoms with van der Waals surface area (Å²) in [7, 11) is 1.38. The first-order chi connectivity index (χ1) is 6.77. The molecular formula is C10H18O4. The summed E-state index contributed by atoms with van der Waals surface area (Å²) in [4.78, 5) is 11.1. The van der Waals surface area contributed by atoms with Gasteiger partial charge >= 0.3 is 5.97 Å². The molecule has 1 atom stereocenters. The number of aliphatic hydroxyl groups excluding tert-OH is 1. The number of hydrogen-bond acceptors (Lipinski definition) is 4. The Labute approximate surface area is 84.2 Å². The molecule has 1 aliphatic rings. The molecule has 1 rings (SSSR count). The molecule has 0 aromatic heterocycles. The van der Waals surface area contributed by atoms with Crippen molar-refractivity contribution in [3.63, 3.8) is 0 Å². The molecule has 0 radical (unpaired) electrons. The Morgan fingerprint density at radius 3 is 2.71 bits per heavy atom. The van der Waals surface area contributed by atoms with Gasteiger partial charge in [-0.2, -0.15) is 0 Å². The highest BCUT2D eigenvalue weighted by molar-refractivity contribution is 5.69. The fraction of sp³-hybridized carbons (Fsp3) is 0.900. The number of rotatable bonds is 4. The molecule has 0 spiro atoms. The van der Waals surface area contributed by atoms with Crippen molar-refractivity contribution in [2.75, 3.05) is 26.9 Å². The lowest BCUT2D eigenvalue weighted by molar-refractivity contribution is -0.143. The van der Waals surface area contributed by atoms with Crippen LogP contribution in [0, 0.1) is 11.8 Å². The van der Waals surface area contributed by atoms with Crippen LogP contribution in [-0.4, -0.2) is 38.0 Å². The van der Waals surface area contributed by atoms with Gasteiger partial charge in [-0.15, -0.1) is 0 Å². The largest absolute Gasteiger partial charge is 0.469 e. The summed E-state index contributed by atoms with van der Waals surface area (Å²) >= 11 is 0. The van der Waals surface area contributed by atoms with Crippen molar-refractivity contribution in [1.82, 2.24) is 0 Å². The maximum absolute atomic E-state index is 11.1. The van der Waals surface area contributed by atoms with E-state index in [4.69, 9.17) is 4.74 Å². The van der Waals surface area contributed by atoms with Gasteiger partial charge in [0.25, 0.3) is 0 Å². The van der Waals surface area contributed by atoms with Crippen molar-refractivity contribution >= 4 is 5.97 Å². The van der Waals surface area contributed by atoms with Crippen LogP contribution in [0.2, 0.25) is 0 Å². The number of esters is 1. The summed E-state index contributed by atoms with van der Waals surface area (Å²) in [5.74, 6) is 0.190. The minimum absolute atomic E-state index is 0.0337. The Morgan fingerprint density at radius 2 is 2.21 bits per heavy atom. The van der Waals surface area contributed by atoms with Gasteiger partial charge in [0.05, 0.1) is 13.5 Å². The topological polar surface area (TPSA) is 55.8 Å². The molecule has 0 bridgehead atoms. The standard InChI is InChI=1S/C10H18O4/c1-13-10(12)6-9(7-11)8-2-4-14-5-3-8/h8-9,11H,2-7H2,1H3. The van der Waals surface area contributed by atoms with Gasteiger partial charge in [0.15, 0.2) is 0 Å². The zero-order valence-corrected chi connectivity index (χ0v) is 8.57. The van der Waals surface area contributed by atoms with Gasteiger partial charge in [-0.3, -0.25) is 4.79 Å². The van der Waals surface area contributed by atoms with E-state index in [0.717, 1.165) is 26.1 Å². The van der Waals surface area contributed by atoms with Crippen LogP contribution in [0.4, 0.5) is 0 Å². The first-order valence-corrected chi connectivity index (χ1v) is 5.03. The molecule has 14 heavy (non-hydrogen) atoms. The number of carbonyl (C=O) groups is 1. The van der Waals surface area contributed by atoms with Gasteiger partial charge in [0.2, 0.25) is 0 Å². The van der Waals surface area contributed by atoms with Crippen molar-refractivity contribution in [2.45, 2.75) is 19.3 Å². The van der Waals surface area contributed by atoms with E-state index in [2.05, 4.69) is 4.74 Å². The van der Waals surface area contributed by atoms with E-state index in [-0.39, 0.29) is 18.5 Å². The second kappa shape index (κ2) is 5.98. The van der Waals surface area contributed by atoms with Crippen molar-refractivity contribution in [3.8, 4) is 0 Å². The van der Waals surface area contributed by atoms with Crippen molar-refractivity contribution < 1.29 is 19.4 Å². The van der Waals surface area contributed by atoms with E-state index in [9.17, 15) is 9.90 Å². The predicted octanol–water partition coefficient (Wildman–Crippen LogP) is 0.585. The fourth-order valence-electron chi connectivity index (χ4n) is 1.86. The Bertz CT molecular complexity index is 175. The van der Waals surface area contributed by atoms with E-state index >= 15 is 0 Å². The molecule has 0 saturated carbocycles. The Balaban J connectivity index is 2.39. The van der Waals surface area contributed by atoms with Gasteiger partial charge in [0.1, 0.15) is 0 Å². The molecular weight excluding hydrogens is 184 g/mol. The molecule has 0 aliphatic carbocycles. The second-order valence-corrected chi connectivity index (χ2v) is 3.67. The van der Waals surface area contributed by atoms with Crippen LogP contribution in [0.1, 0.15) is 19.3 Å². The molecule has 82 valence electrons. The normalized spacial score (nSPS) is 20.4. The first-order valence-electron chi connectivity index (χ1n) is 5.03. The maximum Gasteiger partial charge on any atom is 0.305 e. The molecule has 4 nitrogen and oxygen atoms in total. The number of carbonyl (C=O) groups excluding carboxylic acids is 1. The summed E-state index contributed by atoms with van der Waals surface area (Å²) in [6.07, 6.45) is 2.18.